The third kappa shape index (κ3) is 3.40. The molecule has 0 bridgehead atoms. The zero-order valence-corrected chi connectivity index (χ0v) is 14.5. The number of benzene rings is 2. The van der Waals surface area contributed by atoms with E-state index in [0.29, 0.717) is 17.2 Å². The smallest absolute Gasteiger partial charge is 0.287 e. The Morgan fingerprint density at radius 3 is 2.76 bits per heavy atom. The lowest BCUT2D eigenvalue weighted by atomic mass is 10.1. The van der Waals surface area contributed by atoms with Crippen LogP contribution in [0.15, 0.2) is 59.1 Å². The fourth-order valence-electron chi connectivity index (χ4n) is 2.48. The van der Waals surface area contributed by atoms with Crippen LogP contribution in [0.4, 0.5) is 0 Å². The Hall–Kier alpha value is -2.70. The number of carbonyl (C=O) groups is 1. The summed E-state index contributed by atoms with van der Waals surface area (Å²) in [4.78, 5) is 13.3. The molecule has 5 nitrogen and oxygen atoms in total. The number of aromatic nitrogens is 2. The van der Waals surface area contributed by atoms with Crippen molar-refractivity contribution in [2.45, 2.75) is 6.54 Å². The fraction of sp³-hybridized carbons (Fsp3) is 0.0556. The van der Waals surface area contributed by atoms with Crippen LogP contribution in [0, 0.1) is 0 Å². The topological polar surface area (TPSA) is 68.0 Å². The molecule has 4 rings (SSSR count). The third-order valence-electron chi connectivity index (χ3n) is 3.75. The first-order valence-electron chi connectivity index (χ1n) is 7.53. The van der Waals surface area contributed by atoms with Crippen molar-refractivity contribution in [2.24, 2.45) is 0 Å². The first-order valence-corrected chi connectivity index (χ1v) is 8.68. The Morgan fingerprint density at radius 2 is 2.00 bits per heavy atom. The Bertz CT molecular complexity index is 1030. The van der Waals surface area contributed by atoms with Crippen LogP contribution in [0.25, 0.3) is 21.4 Å². The minimum absolute atomic E-state index is 0.261. The van der Waals surface area contributed by atoms with E-state index in [4.69, 9.17) is 16.0 Å². The molecule has 0 saturated carbocycles. The summed E-state index contributed by atoms with van der Waals surface area (Å²) >= 11 is 7.30. The summed E-state index contributed by atoms with van der Waals surface area (Å²) in [5, 5.41) is 8.10. The van der Waals surface area contributed by atoms with E-state index in [9.17, 15) is 4.79 Å². The molecule has 0 fully saturated rings. The first-order chi connectivity index (χ1) is 12.2. The maximum Gasteiger partial charge on any atom is 0.287 e. The van der Waals surface area contributed by atoms with Gasteiger partial charge in [0.05, 0.1) is 11.1 Å². The van der Waals surface area contributed by atoms with Crippen LogP contribution in [0.3, 0.4) is 0 Å². The zero-order valence-electron chi connectivity index (χ0n) is 12.9. The summed E-state index contributed by atoms with van der Waals surface area (Å²) in [6, 6.07) is 14.8. The van der Waals surface area contributed by atoms with Gasteiger partial charge in [-0.1, -0.05) is 40.4 Å². The van der Waals surface area contributed by atoms with Gasteiger partial charge in [-0.2, -0.15) is 0 Å². The van der Waals surface area contributed by atoms with Gasteiger partial charge in [-0.25, -0.2) is 0 Å². The summed E-state index contributed by atoms with van der Waals surface area (Å²) in [7, 11) is 0. The lowest BCUT2D eigenvalue weighted by Gasteiger charge is -2.04. The van der Waals surface area contributed by atoms with E-state index in [0.717, 1.165) is 21.4 Å². The number of hydrogen-bond donors (Lipinski definition) is 1. The second-order valence-electron chi connectivity index (χ2n) is 5.45. The van der Waals surface area contributed by atoms with E-state index >= 15 is 0 Å². The molecule has 0 saturated heterocycles. The molecule has 1 N–H and O–H groups in total. The molecule has 7 heteroatoms. The molecule has 2 aromatic heterocycles. The van der Waals surface area contributed by atoms with Crippen LogP contribution in [0.2, 0.25) is 5.02 Å². The molecular formula is C18H12ClN3O2S. The van der Waals surface area contributed by atoms with Gasteiger partial charge in [0.15, 0.2) is 5.76 Å². The van der Waals surface area contributed by atoms with Gasteiger partial charge in [0.2, 0.25) is 0 Å². The minimum atomic E-state index is -0.261. The largest absolute Gasteiger partial charge is 0.451 e. The number of amides is 1. The molecular weight excluding hydrogens is 358 g/mol. The summed E-state index contributed by atoms with van der Waals surface area (Å²) < 4.78 is 9.41. The average molecular weight is 370 g/mol. The second-order valence-corrected chi connectivity index (χ2v) is 6.68. The average Bonchev–Trinajstić information content (AvgIpc) is 3.29. The SMILES string of the molecule is O=C(NCc1ccc(-c2cnns2)cc1)c1cc2cc(Cl)ccc2o1. The molecule has 0 aliphatic carbocycles. The Kier molecular flexibility index (Phi) is 4.21. The molecule has 4 aromatic rings. The molecule has 1 amide bonds. The minimum Gasteiger partial charge on any atom is -0.451 e. The highest BCUT2D eigenvalue weighted by atomic mass is 35.5. The van der Waals surface area contributed by atoms with Crippen molar-refractivity contribution in [3.8, 4) is 10.4 Å². The van der Waals surface area contributed by atoms with Crippen LogP contribution in [-0.2, 0) is 6.54 Å². The first kappa shape index (κ1) is 15.8. The molecule has 0 atom stereocenters. The Morgan fingerprint density at radius 1 is 1.16 bits per heavy atom. The van der Waals surface area contributed by atoms with Gasteiger partial charge in [0, 0.05) is 17.0 Å². The molecule has 25 heavy (non-hydrogen) atoms. The van der Waals surface area contributed by atoms with Gasteiger partial charge in [-0.3, -0.25) is 4.79 Å². The second kappa shape index (κ2) is 6.66. The Labute approximate surface area is 152 Å². The molecule has 0 aliphatic heterocycles. The van der Waals surface area contributed by atoms with E-state index in [1.165, 1.54) is 11.5 Å². The van der Waals surface area contributed by atoms with Crippen LogP contribution in [0.1, 0.15) is 16.1 Å². The van der Waals surface area contributed by atoms with Crippen molar-refractivity contribution in [1.29, 1.82) is 0 Å². The molecule has 0 unspecified atom stereocenters. The number of halogens is 1. The van der Waals surface area contributed by atoms with E-state index in [2.05, 4.69) is 14.9 Å². The zero-order chi connectivity index (χ0) is 17.2. The van der Waals surface area contributed by atoms with Crippen molar-refractivity contribution in [1.82, 2.24) is 14.9 Å². The van der Waals surface area contributed by atoms with Crippen LogP contribution >= 0.6 is 23.1 Å². The van der Waals surface area contributed by atoms with Gasteiger partial charge in [-0.05, 0) is 46.9 Å². The van der Waals surface area contributed by atoms with Crippen molar-refractivity contribution in [2.75, 3.05) is 0 Å². The summed E-state index contributed by atoms with van der Waals surface area (Å²) in [5.74, 6) is 0.00711. The molecule has 2 heterocycles. The molecule has 0 spiro atoms. The standard InChI is InChI=1S/C18H12ClN3O2S/c19-14-5-6-15-13(7-14)8-16(24-15)18(23)20-9-11-1-3-12(4-2-11)17-10-21-22-25-17/h1-8,10H,9H2,(H,20,23). The summed E-state index contributed by atoms with van der Waals surface area (Å²) in [5.41, 5.74) is 2.69. The number of rotatable bonds is 4. The number of carbonyl (C=O) groups excluding carboxylic acids is 1. The number of nitrogens with zero attached hydrogens (tertiary/aromatic N) is 2. The predicted octanol–water partition coefficient (Wildman–Crippen LogP) is 4.53. The highest BCUT2D eigenvalue weighted by Gasteiger charge is 2.12. The van der Waals surface area contributed by atoms with Crippen molar-refractivity contribution < 1.29 is 9.21 Å². The van der Waals surface area contributed by atoms with Crippen molar-refractivity contribution >= 4 is 40.0 Å². The van der Waals surface area contributed by atoms with E-state index in [-0.39, 0.29) is 11.7 Å². The quantitative estimate of drug-likeness (QED) is 0.573. The van der Waals surface area contributed by atoms with Crippen molar-refractivity contribution in [3.05, 3.63) is 71.1 Å². The van der Waals surface area contributed by atoms with E-state index < -0.39 is 0 Å². The lowest BCUT2D eigenvalue weighted by Crippen LogP contribution is -2.22. The molecule has 0 aliphatic rings. The maximum absolute atomic E-state index is 12.3. The summed E-state index contributed by atoms with van der Waals surface area (Å²) in [6.45, 7) is 0.415. The fourth-order valence-corrected chi connectivity index (χ4v) is 3.18. The number of fused-ring (bicyclic) bond motifs is 1. The number of nitrogens with one attached hydrogen (secondary N) is 1. The van der Waals surface area contributed by atoms with Crippen LogP contribution in [-0.4, -0.2) is 15.5 Å². The molecule has 0 radical (unpaired) electrons. The molecule has 124 valence electrons. The number of hydrogen-bond acceptors (Lipinski definition) is 5. The third-order valence-corrected chi connectivity index (χ3v) is 4.70. The summed E-state index contributed by atoms with van der Waals surface area (Å²) in [6.07, 6.45) is 1.73. The predicted molar refractivity (Wildman–Crippen MR) is 97.7 cm³/mol. The Balaban J connectivity index is 1.44. The number of furan rings is 1. The van der Waals surface area contributed by atoms with Gasteiger partial charge < -0.3 is 9.73 Å². The van der Waals surface area contributed by atoms with Crippen LogP contribution in [0.5, 0.6) is 0 Å². The van der Waals surface area contributed by atoms with Crippen LogP contribution < -0.4 is 5.32 Å². The highest BCUT2D eigenvalue weighted by Crippen LogP contribution is 2.23. The lowest BCUT2D eigenvalue weighted by molar-refractivity contribution is 0.0925. The van der Waals surface area contributed by atoms with Gasteiger partial charge in [0.25, 0.3) is 5.91 Å². The normalized spacial score (nSPS) is 10.9. The maximum atomic E-state index is 12.3. The van der Waals surface area contributed by atoms with Crippen molar-refractivity contribution in [3.63, 3.8) is 0 Å². The van der Waals surface area contributed by atoms with Gasteiger partial charge in [-0.15, -0.1) is 5.10 Å². The van der Waals surface area contributed by atoms with Gasteiger partial charge >= 0.3 is 0 Å². The monoisotopic (exact) mass is 369 g/mol. The van der Waals surface area contributed by atoms with E-state index in [1.807, 2.05) is 24.3 Å². The highest BCUT2D eigenvalue weighted by molar-refractivity contribution is 7.09. The van der Waals surface area contributed by atoms with E-state index in [1.54, 1.807) is 30.5 Å². The van der Waals surface area contributed by atoms with Gasteiger partial charge in [0.1, 0.15) is 5.58 Å². The molecule has 2 aromatic carbocycles.